The van der Waals surface area contributed by atoms with Crippen molar-refractivity contribution >= 4 is 46.5 Å². The van der Waals surface area contributed by atoms with E-state index >= 15 is 0 Å². The first-order valence-corrected chi connectivity index (χ1v) is 5.06. The van der Waals surface area contributed by atoms with Gasteiger partial charge in [-0.05, 0) is 30.4 Å². The van der Waals surface area contributed by atoms with Gasteiger partial charge in [0.2, 0.25) is 0 Å². The van der Waals surface area contributed by atoms with Crippen LogP contribution in [0.3, 0.4) is 0 Å². The standard InChI is InChI=1S/C11H7Cl2NO/c12-9-5-7-4-8(2-1-3-15)14-11(7)6-10(9)13/h1-6,14H. The minimum atomic E-state index is 0.511. The van der Waals surface area contributed by atoms with Crippen LogP contribution in [-0.2, 0) is 4.79 Å². The molecule has 0 radical (unpaired) electrons. The van der Waals surface area contributed by atoms with Crippen molar-refractivity contribution in [2.75, 3.05) is 0 Å². The third-order valence-electron chi connectivity index (χ3n) is 2.04. The summed E-state index contributed by atoms with van der Waals surface area (Å²) in [5, 5.41) is 2.00. The highest BCUT2D eigenvalue weighted by Gasteiger charge is 2.03. The van der Waals surface area contributed by atoms with E-state index in [9.17, 15) is 4.79 Å². The monoisotopic (exact) mass is 239 g/mol. The Bertz CT molecular complexity index is 504. The molecule has 0 saturated carbocycles. The fourth-order valence-corrected chi connectivity index (χ4v) is 1.72. The van der Waals surface area contributed by atoms with Gasteiger partial charge in [-0.1, -0.05) is 23.2 Å². The minimum Gasteiger partial charge on any atom is -0.355 e. The largest absolute Gasteiger partial charge is 0.355 e. The van der Waals surface area contributed by atoms with Crippen LogP contribution in [0.25, 0.3) is 17.0 Å². The highest BCUT2D eigenvalue weighted by molar-refractivity contribution is 6.42. The van der Waals surface area contributed by atoms with Gasteiger partial charge < -0.3 is 4.98 Å². The molecule has 2 rings (SSSR count). The van der Waals surface area contributed by atoms with Gasteiger partial charge in [-0.2, -0.15) is 0 Å². The number of halogens is 2. The van der Waals surface area contributed by atoms with Crippen LogP contribution in [0.4, 0.5) is 0 Å². The maximum absolute atomic E-state index is 10.2. The number of allylic oxidation sites excluding steroid dienone is 1. The second-order valence-corrected chi connectivity index (χ2v) is 3.89. The van der Waals surface area contributed by atoms with E-state index < -0.39 is 0 Å². The maximum atomic E-state index is 10.2. The molecule has 0 unspecified atom stereocenters. The number of aromatic amines is 1. The summed E-state index contributed by atoms with van der Waals surface area (Å²) >= 11 is 11.8. The van der Waals surface area contributed by atoms with E-state index in [2.05, 4.69) is 4.98 Å². The molecule has 2 nitrogen and oxygen atoms in total. The van der Waals surface area contributed by atoms with Gasteiger partial charge in [-0.15, -0.1) is 0 Å². The molecule has 0 aliphatic rings. The Hall–Kier alpha value is -1.25. The van der Waals surface area contributed by atoms with E-state index in [1.54, 1.807) is 18.2 Å². The molecule has 0 spiro atoms. The second-order valence-electron chi connectivity index (χ2n) is 3.07. The zero-order valence-electron chi connectivity index (χ0n) is 7.63. The SMILES string of the molecule is O=CC=Cc1cc2cc(Cl)c(Cl)cc2[nH]1. The lowest BCUT2D eigenvalue weighted by atomic mass is 10.2. The van der Waals surface area contributed by atoms with Crippen LogP contribution in [0.5, 0.6) is 0 Å². The third kappa shape index (κ3) is 2.06. The van der Waals surface area contributed by atoms with Crippen LogP contribution in [0.1, 0.15) is 5.69 Å². The molecular formula is C11H7Cl2NO. The average Bonchev–Trinajstić information content (AvgIpc) is 2.58. The Balaban J connectivity index is 2.55. The molecule has 0 aliphatic heterocycles. The summed E-state index contributed by atoms with van der Waals surface area (Å²) in [7, 11) is 0. The zero-order valence-corrected chi connectivity index (χ0v) is 9.14. The maximum Gasteiger partial charge on any atom is 0.142 e. The predicted molar refractivity (Wildman–Crippen MR) is 63.4 cm³/mol. The number of aldehydes is 1. The highest BCUT2D eigenvalue weighted by Crippen LogP contribution is 2.28. The first-order chi connectivity index (χ1) is 7.20. The number of hydrogen-bond donors (Lipinski definition) is 1. The Morgan fingerprint density at radius 3 is 2.60 bits per heavy atom. The molecule has 0 atom stereocenters. The van der Waals surface area contributed by atoms with Gasteiger partial charge in [0.05, 0.1) is 10.0 Å². The number of fused-ring (bicyclic) bond motifs is 1. The van der Waals surface area contributed by atoms with Crippen LogP contribution in [0.2, 0.25) is 10.0 Å². The molecule has 0 aliphatic carbocycles. The number of carbonyl (C=O) groups is 1. The Labute approximate surface area is 96.5 Å². The summed E-state index contributed by atoms with van der Waals surface area (Å²) in [6.45, 7) is 0. The molecule has 1 heterocycles. The summed E-state index contributed by atoms with van der Waals surface area (Å²) in [4.78, 5) is 13.3. The molecule has 0 fully saturated rings. The van der Waals surface area contributed by atoms with Crippen LogP contribution < -0.4 is 0 Å². The molecular weight excluding hydrogens is 233 g/mol. The number of hydrogen-bond acceptors (Lipinski definition) is 1. The van der Waals surface area contributed by atoms with Crippen molar-refractivity contribution in [1.82, 2.24) is 4.98 Å². The van der Waals surface area contributed by atoms with Gasteiger partial charge in [0.1, 0.15) is 6.29 Å². The van der Waals surface area contributed by atoms with Gasteiger partial charge in [0.15, 0.2) is 0 Å². The molecule has 0 amide bonds. The van der Waals surface area contributed by atoms with Crippen LogP contribution >= 0.6 is 23.2 Å². The Kier molecular flexibility index (Phi) is 2.80. The lowest BCUT2D eigenvalue weighted by molar-refractivity contribution is -0.104. The Morgan fingerprint density at radius 1 is 1.13 bits per heavy atom. The molecule has 1 aromatic heterocycles. The molecule has 0 saturated heterocycles. The number of nitrogens with one attached hydrogen (secondary N) is 1. The van der Waals surface area contributed by atoms with Crippen LogP contribution in [0.15, 0.2) is 24.3 Å². The van der Waals surface area contributed by atoms with Crippen LogP contribution in [0, 0.1) is 0 Å². The molecule has 1 N–H and O–H groups in total. The molecule has 0 bridgehead atoms. The highest BCUT2D eigenvalue weighted by atomic mass is 35.5. The second kappa shape index (κ2) is 4.09. The lowest BCUT2D eigenvalue weighted by Gasteiger charge is -1.94. The first-order valence-electron chi connectivity index (χ1n) is 4.30. The Morgan fingerprint density at radius 2 is 1.87 bits per heavy atom. The van der Waals surface area contributed by atoms with Crippen molar-refractivity contribution in [3.63, 3.8) is 0 Å². The number of benzene rings is 1. The molecule has 76 valence electrons. The van der Waals surface area contributed by atoms with E-state index in [4.69, 9.17) is 23.2 Å². The molecule has 2 aromatic rings. The van der Waals surface area contributed by atoms with Crippen molar-refractivity contribution in [3.05, 3.63) is 40.0 Å². The summed E-state index contributed by atoms with van der Waals surface area (Å²) in [5.41, 5.74) is 1.74. The quantitative estimate of drug-likeness (QED) is 0.630. The topological polar surface area (TPSA) is 32.9 Å². The molecule has 4 heteroatoms. The summed E-state index contributed by atoms with van der Waals surface area (Å²) in [6, 6.07) is 5.45. The van der Waals surface area contributed by atoms with E-state index in [1.807, 2.05) is 6.07 Å². The van der Waals surface area contributed by atoms with Gasteiger partial charge in [0.25, 0.3) is 0 Å². The fourth-order valence-electron chi connectivity index (χ4n) is 1.38. The molecule has 1 aromatic carbocycles. The van der Waals surface area contributed by atoms with Crippen LogP contribution in [-0.4, -0.2) is 11.3 Å². The smallest absolute Gasteiger partial charge is 0.142 e. The predicted octanol–water partition coefficient (Wildman–Crippen LogP) is 3.69. The van der Waals surface area contributed by atoms with Gasteiger partial charge in [-0.25, -0.2) is 0 Å². The van der Waals surface area contributed by atoms with Crippen molar-refractivity contribution in [3.8, 4) is 0 Å². The summed E-state index contributed by atoms with van der Waals surface area (Å²) in [5.74, 6) is 0. The molecule has 15 heavy (non-hydrogen) atoms. The summed E-state index contributed by atoms with van der Waals surface area (Å²) < 4.78 is 0. The minimum absolute atomic E-state index is 0.511. The first kappa shape index (κ1) is 10.3. The zero-order chi connectivity index (χ0) is 10.8. The van der Waals surface area contributed by atoms with Crippen molar-refractivity contribution < 1.29 is 4.79 Å². The number of H-pyrrole nitrogens is 1. The van der Waals surface area contributed by atoms with Crippen molar-refractivity contribution in [2.45, 2.75) is 0 Å². The number of rotatable bonds is 2. The van der Waals surface area contributed by atoms with Gasteiger partial charge >= 0.3 is 0 Å². The van der Waals surface area contributed by atoms with E-state index in [1.165, 1.54) is 6.08 Å². The van der Waals surface area contributed by atoms with E-state index in [0.717, 1.165) is 22.9 Å². The summed E-state index contributed by atoms with van der Waals surface area (Å²) in [6.07, 6.45) is 3.84. The average molecular weight is 240 g/mol. The van der Waals surface area contributed by atoms with Crippen molar-refractivity contribution in [1.29, 1.82) is 0 Å². The van der Waals surface area contributed by atoms with E-state index in [-0.39, 0.29) is 0 Å². The number of carbonyl (C=O) groups excluding carboxylic acids is 1. The number of aromatic nitrogens is 1. The van der Waals surface area contributed by atoms with Crippen molar-refractivity contribution in [2.24, 2.45) is 0 Å². The van der Waals surface area contributed by atoms with Gasteiger partial charge in [0, 0.05) is 16.6 Å². The van der Waals surface area contributed by atoms with E-state index in [0.29, 0.717) is 10.0 Å². The lowest BCUT2D eigenvalue weighted by Crippen LogP contribution is -1.71. The third-order valence-corrected chi connectivity index (χ3v) is 2.76. The fraction of sp³-hybridized carbons (Fsp3) is 0. The normalized spacial score (nSPS) is 11.3. The van der Waals surface area contributed by atoms with Gasteiger partial charge in [-0.3, -0.25) is 4.79 Å².